The third-order valence-corrected chi connectivity index (χ3v) is 5.65. The standard InChI is InChI=1S/C27H33NO5/c1-17(2)25-23(28-26(33-25)21-11-10-18(3)20(5)14-21)16-32-13-7-12-31-15-22-9-6-8-19(4)24(22)27(29)30/h6,8-11,14,17H,7,12-13,15-16H2,1-5H3,(H,29,30). The smallest absolute Gasteiger partial charge is 0.336 e. The monoisotopic (exact) mass is 451 g/mol. The van der Waals surface area contributed by atoms with Crippen LogP contribution in [0.4, 0.5) is 0 Å². The maximum atomic E-state index is 11.5. The fourth-order valence-electron chi connectivity index (χ4n) is 3.68. The molecule has 0 atom stereocenters. The molecule has 0 bridgehead atoms. The van der Waals surface area contributed by atoms with Gasteiger partial charge < -0.3 is 19.0 Å². The predicted octanol–water partition coefficient (Wildman–Crippen LogP) is 6.21. The van der Waals surface area contributed by atoms with E-state index in [4.69, 9.17) is 18.9 Å². The second kappa shape index (κ2) is 11.3. The third kappa shape index (κ3) is 6.30. The number of carboxylic acid groups (broad SMARTS) is 1. The zero-order valence-electron chi connectivity index (χ0n) is 20.1. The molecule has 0 aliphatic rings. The Morgan fingerprint density at radius 2 is 1.73 bits per heavy atom. The highest BCUT2D eigenvalue weighted by Crippen LogP contribution is 2.28. The molecule has 6 heteroatoms. The van der Waals surface area contributed by atoms with E-state index in [-0.39, 0.29) is 12.5 Å². The van der Waals surface area contributed by atoms with Gasteiger partial charge in [0.2, 0.25) is 5.89 Å². The molecule has 3 aromatic rings. The Bertz CT molecular complexity index is 1100. The van der Waals surface area contributed by atoms with Crippen LogP contribution < -0.4 is 0 Å². The number of ether oxygens (including phenoxy) is 2. The van der Waals surface area contributed by atoms with Gasteiger partial charge in [-0.15, -0.1) is 0 Å². The zero-order valence-corrected chi connectivity index (χ0v) is 20.1. The first-order valence-electron chi connectivity index (χ1n) is 11.3. The van der Waals surface area contributed by atoms with Crippen LogP contribution in [0, 0.1) is 20.8 Å². The van der Waals surface area contributed by atoms with Crippen LogP contribution in [0.25, 0.3) is 11.5 Å². The molecule has 1 heterocycles. The lowest BCUT2D eigenvalue weighted by molar-refractivity contribution is 0.0638. The van der Waals surface area contributed by atoms with E-state index in [9.17, 15) is 9.90 Å². The Morgan fingerprint density at radius 1 is 1.00 bits per heavy atom. The van der Waals surface area contributed by atoms with Crippen molar-refractivity contribution >= 4 is 5.97 Å². The van der Waals surface area contributed by atoms with Crippen LogP contribution in [0.5, 0.6) is 0 Å². The van der Waals surface area contributed by atoms with Crippen molar-refractivity contribution in [2.24, 2.45) is 0 Å². The van der Waals surface area contributed by atoms with Gasteiger partial charge in [-0.05, 0) is 61.6 Å². The molecule has 6 nitrogen and oxygen atoms in total. The summed E-state index contributed by atoms with van der Waals surface area (Å²) in [6.45, 7) is 11.8. The molecule has 1 aromatic heterocycles. The fourth-order valence-corrected chi connectivity index (χ4v) is 3.68. The van der Waals surface area contributed by atoms with E-state index >= 15 is 0 Å². The average Bonchev–Trinajstić information content (AvgIpc) is 3.19. The van der Waals surface area contributed by atoms with Crippen molar-refractivity contribution in [3.63, 3.8) is 0 Å². The molecule has 0 spiro atoms. The third-order valence-electron chi connectivity index (χ3n) is 5.65. The van der Waals surface area contributed by atoms with E-state index in [1.807, 2.05) is 12.1 Å². The Morgan fingerprint density at radius 3 is 2.39 bits per heavy atom. The van der Waals surface area contributed by atoms with E-state index in [2.05, 4.69) is 39.8 Å². The molecule has 0 fully saturated rings. The highest BCUT2D eigenvalue weighted by Gasteiger charge is 2.18. The number of carbonyl (C=O) groups is 1. The summed E-state index contributed by atoms with van der Waals surface area (Å²) in [5.74, 6) is 0.748. The van der Waals surface area contributed by atoms with Gasteiger partial charge in [0, 0.05) is 24.7 Å². The maximum absolute atomic E-state index is 11.5. The number of hydrogen-bond donors (Lipinski definition) is 1. The number of aryl methyl sites for hydroxylation is 3. The molecule has 0 saturated heterocycles. The van der Waals surface area contributed by atoms with Crippen molar-refractivity contribution in [2.75, 3.05) is 13.2 Å². The number of oxazole rings is 1. The molecule has 0 aliphatic carbocycles. The van der Waals surface area contributed by atoms with Crippen LogP contribution in [-0.2, 0) is 22.7 Å². The summed E-state index contributed by atoms with van der Waals surface area (Å²) in [7, 11) is 0. The zero-order chi connectivity index (χ0) is 24.0. The number of benzene rings is 2. The SMILES string of the molecule is Cc1ccc(-c2nc(COCCCOCc3cccc(C)c3C(=O)O)c(C(C)C)o2)cc1C. The van der Waals surface area contributed by atoms with Crippen molar-refractivity contribution in [1.29, 1.82) is 0 Å². The highest BCUT2D eigenvalue weighted by atomic mass is 16.5. The van der Waals surface area contributed by atoms with Crippen LogP contribution in [0.3, 0.4) is 0 Å². The van der Waals surface area contributed by atoms with Gasteiger partial charge in [0.1, 0.15) is 11.5 Å². The van der Waals surface area contributed by atoms with E-state index in [1.54, 1.807) is 19.1 Å². The summed E-state index contributed by atoms with van der Waals surface area (Å²) >= 11 is 0. The molecule has 0 aliphatic heterocycles. The van der Waals surface area contributed by atoms with Gasteiger partial charge in [0.05, 0.1) is 18.8 Å². The first kappa shape index (κ1) is 24.7. The number of aromatic nitrogens is 1. The van der Waals surface area contributed by atoms with Gasteiger partial charge in [-0.3, -0.25) is 0 Å². The van der Waals surface area contributed by atoms with Crippen LogP contribution >= 0.6 is 0 Å². The van der Waals surface area contributed by atoms with E-state index in [1.165, 1.54) is 11.1 Å². The number of rotatable bonds is 11. The number of aromatic carboxylic acids is 1. The Kier molecular flexibility index (Phi) is 8.42. The molecule has 1 N–H and O–H groups in total. The largest absolute Gasteiger partial charge is 0.478 e. The van der Waals surface area contributed by atoms with E-state index in [0.29, 0.717) is 43.3 Å². The number of hydrogen-bond acceptors (Lipinski definition) is 5. The van der Waals surface area contributed by atoms with Crippen LogP contribution in [-0.4, -0.2) is 29.3 Å². The maximum Gasteiger partial charge on any atom is 0.336 e. The van der Waals surface area contributed by atoms with Crippen molar-refractivity contribution in [3.8, 4) is 11.5 Å². The normalized spacial score (nSPS) is 11.3. The minimum atomic E-state index is -0.927. The summed E-state index contributed by atoms with van der Waals surface area (Å²) in [5.41, 5.74) is 5.98. The minimum absolute atomic E-state index is 0.206. The average molecular weight is 452 g/mol. The molecule has 33 heavy (non-hydrogen) atoms. The van der Waals surface area contributed by atoms with Gasteiger partial charge >= 0.3 is 5.97 Å². The molecule has 2 aromatic carbocycles. The lowest BCUT2D eigenvalue weighted by atomic mass is 10.0. The van der Waals surface area contributed by atoms with E-state index < -0.39 is 5.97 Å². The summed E-state index contributed by atoms with van der Waals surface area (Å²) < 4.78 is 17.6. The van der Waals surface area contributed by atoms with Crippen molar-refractivity contribution < 1.29 is 23.8 Å². The second-order valence-corrected chi connectivity index (χ2v) is 8.66. The van der Waals surface area contributed by atoms with Crippen molar-refractivity contribution in [1.82, 2.24) is 4.98 Å². The number of nitrogens with zero attached hydrogens (tertiary/aromatic N) is 1. The molecule has 0 radical (unpaired) electrons. The van der Waals surface area contributed by atoms with Gasteiger partial charge in [-0.1, -0.05) is 38.1 Å². The van der Waals surface area contributed by atoms with Crippen LogP contribution in [0.2, 0.25) is 0 Å². The minimum Gasteiger partial charge on any atom is -0.478 e. The molecule has 0 unspecified atom stereocenters. The van der Waals surface area contributed by atoms with Gasteiger partial charge in [-0.25, -0.2) is 9.78 Å². The second-order valence-electron chi connectivity index (χ2n) is 8.66. The first-order chi connectivity index (χ1) is 15.8. The lowest BCUT2D eigenvalue weighted by Crippen LogP contribution is -2.08. The Labute approximate surface area is 195 Å². The molecule has 0 saturated carbocycles. The summed E-state index contributed by atoms with van der Waals surface area (Å²) in [6, 6.07) is 11.6. The lowest BCUT2D eigenvalue weighted by Gasteiger charge is -2.10. The topological polar surface area (TPSA) is 81.8 Å². The molecule has 176 valence electrons. The highest BCUT2D eigenvalue weighted by molar-refractivity contribution is 5.91. The van der Waals surface area contributed by atoms with E-state index in [0.717, 1.165) is 22.6 Å². The van der Waals surface area contributed by atoms with Gasteiger partial charge in [-0.2, -0.15) is 0 Å². The molecule has 3 rings (SSSR count). The summed E-state index contributed by atoms with van der Waals surface area (Å²) in [5, 5.41) is 9.40. The molecular weight excluding hydrogens is 418 g/mol. The number of carboxylic acids is 1. The van der Waals surface area contributed by atoms with Crippen molar-refractivity contribution in [3.05, 3.63) is 75.7 Å². The fraction of sp³-hybridized carbons (Fsp3) is 0.407. The van der Waals surface area contributed by atoms with Crippen LogP contribution in [0.1, 0.15) is 70.3 Å². The first-order valence-corrected chi connectivity index (χ1v) is 11.3. The van der Waals surface area contributed by atoms with Crippen LogP contribution in [0.15, 0.2) is 40.8 Å². The Balaban J connectivity index is 1.50. The quantitative estimate of drug-likeness (QED) is 0.349. The summed E-state index contributed by atoms with van der Waals surface area (Å²) in [6.07, 6.45) is 0.701. The van der Waals surface area contributed by atoms with Crippen molar-refractivity contribution in [2.45, 2.75) is 60.2 Å². The summed E-state index contributed by atoms with van der Waals surface area (Å²) in [4.78, 5) is 16.2. The Hall–Kier alpha value is -2.96. The van der Waals surface area contributed by atoms with Gasteiger partial charge in [0.15, 0.2) is 0 Å². The molecular formula is C27H33NO5. The van der Waals surface area contributed by atoms with Gasteiger partial charge in [0.25, 0.3) is 0 Å². The predicted molar refractivity (Wildman–Crippen MR) is 128 cm³/mol. The molecule has 0 amide bonds.